The molecular weight excluding hydrogens is 209 g/mol. The molecule has 1 saturated heterocycles. The first-order chi connectivity index (χ1) is 7.72. The van der Waals surface area contributed by atoms with Gasteiger partial charge in [-0.3, -0.25) is 0 Å². The molecule has 0 aromatic heterocycles. The number of hydrogen-bond donors (Lipinski definition) is 1. The van der Waals surface area contributed by atoms with Crippen LogP contribution in [0, 0.1) is 12.7 Å². The van der Waals surface area contributed by atoms with Crippen molar-refractivity contribution in [3.05, 3.63) is 29.1 Å². The fourth-order valence-corrected chi connectivity index (χ4v) is 1.95. The first kappa shape index (κ1) is 11.4. The number of hydrogen-bond acceptors (Lipinski definition) is 3. The van der Waals surface area contributed by atoms with Gasteiger partial charge in [-0.1, -0.05) is 0 Å². The van der Waals surface area contributed by atoms with Crippen molar-refractivity contribution >= 4 is 0 Å². The Labute approximate surface area is 94.6 Å². The van der Waals surface area contributed by atoms with Crippen molar-refractivity contribution in [3.8, 4) is 5.75 Å². The molecule has 1 aliphatic rings. The molecule has 0 saturated carbocycles. The number of rotatable bonds is 2. The van der Waals surface area contributed by atoms with Gasteiger partial charge in [0.15, 0.2) is 0 Å². The molecule has 88 valence electrons. The highest BCUT2D eigenvalue weighted by Gasteiger charge is 2.23. The van der Waals surface area contributed by atoms with Crippen LogP contribution >= 0.6 is 0 Å². The number of ether oxygens (including phenoxy) is 2. The van der Waals surface area contributed by atoms with Crippen molar-refractivity contribution in [2.24, 2.45) is 0 Å². The topological polar surface area (TPSA) is 30.5 Å². The second-order valence-corrected chi connectivity index (χ2v) is 3.93. The average Bonchev–Trinajstić information content (AvgIpc) is 2.29. The lowest BCUT2D eigenvalue weighted by Crippen LogP contribution is -2.34. The van der Waals surface area contributed by atoms with E-state index < -0.39 is 0 Å². The van der Waals surface area contributed by atoms with Crippen LogP contribution in [0.4, 0.5) is 4.39 Å². The van der Waals surface area contributed by atoms with Gasteiger partial charge in [-0.2, -0.15) is 0 Å². The van der Waals surface area contributed by atoms with Crippen molar-refractivity contribution < 1.29 is 13.9 Å². The van der Waals surface area contributed by atoms with Gasteiger partial charge in [-0.15, -0.1) is 0 Å². The summed E-state index contributed by atoms with van der Waals surface area (Å²) in [6.07, 6.45) is -0.260. The van der Waals surface area contributed by atoms with E-state index in [9.17, 15) is 4.39 Å². The highest BCUT2D eigenvalue weighted by atomic mass is 19.1. The number of morpholine rings is 1. The molecule has 0 bridgehead atoms. The molecule has 0 spiro atoms. The monoisotopic (exact) mass is 225 g/mol. The van der Waals surface area contributed by atoms with Gasteiger partial charge in [0.25, 0.3) is 0 Å². The molecule has 1 fully saturated rings. The Morgan fingerprint density at radius 2 is 2.31 bits per heavy atom. The first-order valence-corrected chi connectivity index (χ1v) is 5.38. The molecule has 1 aromatic rings. The summed E-state index contributed by atoms with van der Waals surface area (Å²) in [7, 11) is 1.55. The summed E-state index contributed by atoms with van der Waals surface area (Å²) in [5, 5.41) is 3.18. The zero-order valence-electron chi connectivity index (χ0n) is 9.55. The normalized spacial score (nSPS) is 20.8. The summed E-state index contributed by atoms with van der Waals surface area (Å²) in [6, 6.07) is 3.34. The van der Waals surface area contributed by atoms with E-state index >= 15 is 0 Å². The Morgan fingerprint density at radius 3 is 2.94 bits per heavy atom. The molecule has 3 nitrogen and oxygen atoms in total. The summed E-state index contributed by atoms with van der Waals surface area (Å²) in [5.74, 6) is 0.303. The van der Waals surface area contributed by atoms with E-state index in [4.69, 9.17) is 9.47 Å². The quantitative estimate of drug-likeness (QED) is 0.832. The summed E-state index contributed by atoms with van der Waals surface area (Å²) >= 11 is 0. The Kier molecular flexibility index (Phi) is 3.41. The van der Waals surface area contributed by atoms with Gasteiger partial charge < -0.3 is 14.8 Å². The third kappa shape index (κ3) is 2.18. The first-order valence-electron chi connectivity index (χ1n) is 5.38. The van der Waals surface area contributed by atoms with Crippen LogP contribution in [-0.4, -0.2) is 26.8 Å². The lowest BCUT2D eigenvalue weighted by atomic mass is 10.0. The smallest absolute Gasteiger partial charge is 0.133 e. The molecule has 16 heavy (non-hydrogen) atoms. The predicted molar refractivity (Wildman–Crippen MR) is 59.3 cm³/mol. The lowest BCUT2D eigenvalue weighted by Gasteiger charge is -2.25. The third-order valence-corrected chi connectivity index (χ3v) is 2.71. The van der Waals surface area contributed by atoms with E-state index in [0.717, 1.165) is 12.1 Å². The fourth-order valence-electron chi connectivity index (χ4n) is 1.95. The van der Waals surface area contributed by atoms with Crippen molar-refractivity contribution in [1.29, 1.82) is 0 Å². The molecule has 1 N–H and O–H groups in total. The summed E-state index contributed by atoms with van der Waals surface area (Å²) < 4.78 is 24.7. The van der Waals surface area contributed by atoms with Crippen LogP contribution in [0.2, 0.25) is 0 Å². The van der Waals surface area contributed by atoms with Crippen molar-refractivity contribution in [3.63, 3.8) is 0 Å². The fraction of sp³-hybridized carbons (Fsp3) is 0.500. The van der Waals surface area contributed by atoms with Crippen LogP contribution in [-0.2, 0) is 4.74 Å². The van der Waals surface area contributed by atoms with E-state index in [-0.39, 0.29) is 11.9 Å². The summed E-state index contributed by atoms with van der Waals surface area (Å²) in [6.45, 7) is 3.87. The number of nitrogens with one attached hydrogen (secondary N) is 1. The average molecular weight is 225 g/mol. The molecule has 1 aromatic carbocycles. The number of aryl methyl sites for hydroxylation is 1. The zero-order valence-corrected chi connectivity index (χ0v) is 9.55. The van der Waals surface area contributed by atoms with Gasteiger partial charge in [0.1, 0.15) is 17.7 Å². The second kappa shape index (κ2) is 4.80. The maximum absolute atomic E-state index is 13.9. The molecule has 1 heterocycles. The molecule has 1 unspecified atom stereocenters. The van der Waals surface area contributed by atoms with Crippen molar-refractivity contribution in [1.82, 2.24) is 5.32 Å². The van der Waals surface area contributed by atoms with E-state index in [1.165, 1.54) is 6.07 Å². The van der Waals surface area contributed by atoms with Crippen LogP contribution in [0.5, 0.6) is 5.75 Å². The minimum Gasteiger partial charge on any atom is -0.496 e. The largest absolute Gasteiger partial charge is 0.496 e. The minimum atomic E-state index is -0.260. The van der Waals surface area contributed by atoms with E-state index in [1.54, 1.807) is 7.11 Å². The molecule has 0 radical (unpaired) electrons. The van der Waals surface area contributed by atoms with Gasteiger partial charge in [0.05, 0.1) is 19.3 Å². The molecule has 0 amide bonds. The highest BCUT2D eigenvalue weighted by Crippen LogP contribution is 2.31. The number of benzene rings is 1. The summed E-state index contributed by atoms with van der Waals surface area (Å²) in [4.78, 5) is 0. The summed E-state index contributed by atoms with van der Waals surface area (Å²) in [5.41, 5.74) is 1.36. The van der Waals surface area contributed by atoms with Crippen LogP contribution in [0.1, 0.15) is 17.2 Å². The molecule has 1 aliphatic heterocycles. The minimum absolute atomic E-state index is 0.259. The second-order valence-electron chi connectivity index (χ2n) is 3.93. The van der Waals surface area contributed by atoms with E-state index in [2.05, 4.69) is 5.32 Å². The van der Waals surface area contributed by atoms with Crippen LogP contribution < -0.4 is 10.1 Å². The van der Waals surface area contributed by atoms with Gasteiger partial charge in [-0.25, -0.2) is 4.39 Å². The Morgan fingerprint density at radius 1 is 1.50 bits per heavy atom. The Hall–Kier alpha value is -1.13. The van der Waals surface area contributed by atoms with Gasteiger partial charge in [0.2, 0.25) is 0 Å². The molecule has 1 atom stereocenters. The van der Waals surface area contributed by atoms with Crippen molar-refractivity contribution in [2.45, 2.75) is 13.0 Å². The lowest BCUT2D eigenvalue weighted by molar-refractivity contribution is 0.0240. The zero-order chi connectivity index (χ0) is 11.5. The Bertz CT molecular complexity index is 376. The molecule has 4 heteroatoms. The third-order valence-electron chi connectivity index (χ3n) is 2.71. The maximum atomic E-state index is 13.9. The maximum Gasteiger partial charge on any atom is 0.133 e. The standard InChI is InChI=1S/C12H16FNO2/c1-8-5-9(13)12(10(6-8)15-2)11-7-14-3-4-16-11/h5-6,11,14H,3-4,7H2,1-2H3. The van der Waals surface area contributed by atoms with E-state index in [1.807, 2.05) is 13.0 Å². The van der Waals surface area contributed by atoms with Gasteiger partial charge in [0, 0.05) is 13.1 Å². The van der Waals surface area contributed by atoms with E-state index in [0.29, 0.717) is 24.5 Å². The molecule has 0 aliphatic carbocycles. The number of methoxy groups -OCH3 is 1. The number of halogens is 1. The van der Waals surface area contributed by atoms with Crippen LogP contribution in [0.3, 0.4) is 0 Å². The van der Waals surface area contributed by atoms with Crippen LogP contribution in [0.25, 0.3) is 0 Å². The van der Waals surface area contributed by atoms with Gasteiger partial charge in [-0.05, 0) is 24.6 Å². The Balaban J connectivity index is 2.37. The van der Waals surface area contributed by atoms with Gasteiger partial charge >= 0.3 is 0 Å². The molecule has 2 rings (SSSR count). The van der Waals surface area contributed by atoms with Crippen molar-refractivity contribution in [2.75, 3.05) is 26.8 Å². The molecular formula is C12H16FNO2. The predicted octanol–water partition coefficient (Wildman–Crippen LogP) is 1.80. The van der Waals surface area contributed by atoms with Crippen LogP contribution in [0.15, 0.2) is 12.1 Å². The SMILES string of the molecule is COc1cc(C)cc(F)c1C1CNCCO1. The highest BCUT2D eigenvalue weighted by molar-refractivity contribution is 5.40.